The Bertz CT molecular complexity index is 1630. The van der Waals surface area contributed by atoms with E-state index in [0.717, 1.165) is 41.7 Å². The lowest BCUT2D eigenvalue weighted by molar-refractivity contribution is -0.0968. The molecule has 0 aliphatic carbocycles. The van der Waals surface area contributed by atoms with Crippen LogP contribution in [0, 0.1) is 0 Å². The van der Waals surface area contributed by atoms with E-state index < -0.39 is 11.8 Å². The van der Waals surface area contributed by atoms with Crippen LogP contribution in [0.1, 0.15) is 69.3 Å². The predicted octanol–water partition coefficient (Wildman–Crippen LogP) is 8.50. The molecule has 2 unspecified atom stereocenters. The van der Waals surface area contributed by atoms with E-state index in [1.807, 2.05) is 81.4 Å². The maximum Gasteiger partial charge on any atom is 0.412 e. The average molecular weight is 690 g/mol. The predicted molar refractivity (Wildman–Crippen MR) is 191 cm³/mol. The summed E-state index contributed by atoms with van der Waals surface area (Å²) in [6, 6.07) is 23.9. The molecule has 10 nitrogen and oxygen atoms in total. The minimum absolute atomic E-state index is 0.193. The van der Waals surface area contributed by atoms with E-state index in [9.17, 15) is 4.79 Å². The SMILES string of the molecule is COCCCOc1cccc2cc(COC3CC(c4ccc(OCCCOCc5ccccc5OC)cc4)CCN3C(=O)OC(C)(C)C)oc12. The Balaban J connectivity index is 1.16. The summed E-state index contributed by atoms with van der Waals surface area (Å²) in [5.74, 6) is 3.18. The lowest BCUT2D eigenvalue weighted by atomic mass is 9.88. The zero-order valence-corrected chi connectivity index (χ0v) is 30.0. The molecule has 0 N–H and O–H groups in total. The third kappa shape index (κ3) is 10.6. The number of methoxy groups -OCH3 is 2. The zero-order valence-electron chi connectivity index (χ0n) is 30.0. The molecule has 1 aliphatic rings. The number of furan rings is 1. The Kier molecular flexibility index (Phi) is 13.4. The van der Waals surface area contributed by atoms with Crippen LogP contribution in [0.25, 0.3) is 11.0 Å². The third-order valence-electron chi connectivity index (χ3n) is 8.41. The molecule has 1 saturated heterocycles. The second-order valence-electron chi connectivity index (χ2n) is 13.4. The maximum atomic E-state index is 13.3. The van der Waals surface area contributed by atoms with E-state index in [4.69, 9.17) is 37.6 Å². The smallest absolute Gasteiger partial charge is 0.412 e. The number of piperidine rings is 1. The number of likely N-dealkylation sites (tertiary alicyclic amines) is 1. The second-order valence-corrected chi connectivity index (χ2v) is 13.4. The first-order valence-corrected chi connectivity index (χ1v) is 17.4. The van der Waals surface area contributed by atoms with E-state index in [-0.39, 0.29) is 18.6 Å². The molecule has 0 saturated carbocycles. The number of rotatable bonds is 17. The molecule has 1 fully saturated rings. The second kappa shape index (κ2) is 18.1. The minimum Gasteiger partial charge on any atom is -0.496 e. The number of ether oxygens (including phenoxy) is 7. The topological polar surface area (TPSA) is 98.1 Å². The molecule has 4 aromatic rings. The molecule has 3 aromatic carbocycles. The van der Waals surface area contributed by atoms with E-state index >= 15 is 0 Å². The normalized spacial score (nSPS) is 16.4. The van der Waals surface area contributed by atoms with Crippen molar-refractivity contribution in [3.8, 4) is 17.2 Å². The standard InChI is InChI=1S/C40H51NO9/c1-40(2,3)50-39(42)41-20-19-30(26-37(41)48-28-34-25-31-12-8-14-36(38(31)49-34)47-24-9-21-43-4)29-15-17-33(18-16-29)46-23-10-22-45-27-32-11-6-7-13-35(32)44-5/h6-8,11-18,25,30,37H,9-10,19-24,26-28H2,1-5H3. The summed E-state index contributed by atoms with van der Waals surface area (Å²) in [6.07, 6.45) is 2.09. The van der Waals surface area contributed by atoms with Crippen molar-refractivity contribution in [3.63, 3.8) is 0 Å². The van der Waals surface area contributed by atoms with Crippen LogP contribution in [0.3, 0.4) is 0 Å². The summed E-state index contributed by atoms with van der Waals surface area (Å²) >= 11 is 0. The van der Waals surface area contributed by atoms with E-state index in [1.54, 1.807) is 19.1 Å². The van der Waals surface area contributed by atoms with Crippen molar-refractivity contribution < 1.29 is 42.4 Å². The number of nitrogens with zero attached hydrogens (tertiary/aromatic N) is 1. The molecule has 1 aromatic heterocycles. The van der Waals surface area contributed by atoms with Crippen LogP contribution in [-0.2, 0) is 32.2 Å². The van der Waals surface area contributed by atoms with Crippen LogP contribution in [0.15, 0.2) is 77.2 Å². The molecule has 50 heavy (non-hydrogen) atoms. The number of benzene rings is 3. The largest absolute Gasteiger partial charge is 0.496 e. The zero-order chi connectivity index (χ0) is 35.3. The van der Waals surface area contributed by atoms with Crippen molar-refractivity contribution in [1.82, 2.24) is 4.90 Å². The van der Waals surface area contributed by atoms with Gasteiger partial charge in [0.15, 0.2) is 11.3 Å². The number of carbonyl (C=O) groups is 1. The van der Waals surface area contributed by atoms with Crippen molar-refractivity contribution in [2.24, 2.45) is 0 Å². The van der Waals surface area contributed by atoms with Crippen LogP contribution in [0.2, 0.25) is 0 Å². The summed E-state index contributed by atoms with van der Waals surface area (Å²) < 4.78 is 46.7. The molecule has 0 spiro atoms. The first kappa shape index (κ1) is 37.0. The van der Waals surface area contributed by atoms with E-state index in [2.05, 4.69) is 12.1 Å². The van der Waals surface area contributed by atoms with Gasteiger partial charge in [-0.2, -0.15) is 0 Å². The molecule has 2 heterocycles. The number of hydrogen-bond acceptors (Lipinski definition) is 9. The van der Waals surface area contributed by atoms with Gasteiger partial charge in [-0.3, -0.25) is 4.90 Å². The first-order chi connectivity index (χ1) is 24.2. The highest BCUT2D eigenvalue weighted by Crippen LogP contribution is 2.35. The van der Waals surface area contributed by atoms with Gasteiger partial charge < -0.3 is 37.6 Å². The Morgan fingerprint density at radius 3 is 2.40 bits per heavy atom. The molecule has 0 radical (unpaired) electrons. The molecule has 1 amide bonds. The highest BCUT2D eigenvalue weighted by molar-refractivity contribution is 5.83. The summed E-state index contributed by atoms with van der Waals surface area (Å²) in [5, 5.41) is 0.932. The van der Waals surface area contributed by atoms with Crippen molar-refractivity contribution in [2.45, 2.75) is 77.4 Å². The van der Waals surface area contributed by atoms with Gasteiger partial charge >= 0.3 is 6.09 Å². The summed E-state index contributed by atoms with van der Waals surface area (Å²) in [7, 11) is 3.34. The number of amides is 1. The molecular formula is C40H51NO9. The molecule has 10 heteroatoms. The molecule has 5 rings (SSSR count). The van der Waals surface area contributed by atoms with Gasteiger partial charge in [-0.05, 0) is 75.4 Å². The summed E-state index contributed by atoms with van der Waals surface area (Å²) in [6.45, 7) is 9.12. The van der Waals surface area contributed by atoms with Gasteiger partial charge in [0.25, 0.3) is 0 Å². The first-order valence-electron chi connectivity index (χ1n) is 17.4. The molecule has 1 aliphatic heterocycles. The molecule has 2 atom stereocenters. The fraction of sp³-hybridized carbons (Fsp3) is 0.475. The van der Waals surface area contributed by atoms with Crippen molar-refractivity contribution >= 4 is 17.1 Å². The van der Waals surface area contributed by atoms with Gasteiger partial charge in [-0.15, -0.1) is 0 Å². The molecule has 270 valence electrons. The molecular weight excluding hydrogens is 638 g/mol. The number of para-hydroxylation sites is 2. The van der Waals surface area contributed by atoms with Crippen molar-refractivity contribution in [2.75, 3.05) is 47.2 Å². The Hall–Kier alpha value is -4.25. The van der Waals surface area contributed by atoms with Crippen LogP contribution in [0.5, 0.6) is 17.2 Å². The Labute approximate surface area is 295 Å². The lowest BCUT2D eigenvalue weighted by Gasteiger charge is -2.39. The van der Waals surface area contributed by atoms with E-state index in [0.29, 0.717) is 63.1 Å². The van der Waals surface area contributed by atoms with Gasteiger partial charge in [0.05, 0.1) is 33.5 Å². The van der Waals surface area contributed by atoms with Crippen LogP contribution in [0.4, 0.5) is 4.79 Å². The third-order valence-corrected chi connectivity index (χ3v) is 8.41. The summed E-state index contributed by atoms with van der Waals surface area (Å²) in [4.78, 5) is 15.0. The number of carbonyl (C=O) groups excluding carboxylic acids is 1. The van der Waals surface area contributed by atoms with Crippen LogP contribution >= 0.6 is 0 Å². The van der Waals surface area contributed by atoms with Crippen molar-refractivity contribution in [1.29, 1.82) is 0 Å². The summed E-state index contributed by atoms with van der Waals surface area (Å²) in [5.41, 5.74) is 2.26. The van der Waals surface area contributed by atoms with Gasteiger partial charge in [0.1, 0.15) is 35.7 Å². The van der Waals surface area contributed by atoms with Gasteiger partial charge in [-0.25, -0.2) is 4.79 Å². The quantitative estimate of drug-likeness (QED) is 0.101. The average Bonchev–Trinajstić information content (AvgIpc) is 3.54. The minimum atomic E-state index is -0.617. The van der Waals surface area contributed by atoms with E-state index in [1.165, 1.54) is 5.56 Å². The number of hydrogen-bond donors (Lipinski definition) is 0. The fourth-order valence-corrected chi connectivity index (χ4v) is 5.95. The van der Waals surface area contributed by atoms with Gasteiger partial charge in [0.2, 0.25) is 0 Å². The fourth-order valence-electron chi connectivity index (χ4n) is 5.95. The Morgan fingerprint density at radius 2 is 1.62 bits per heavy atom. The maximum absolute atomic E-state index is 13.3. The number of fused-ring (bicyclic) bond motifs is 1. The Morgan fingerprint density at radius 1 is 0.860 bits per heavy atom. The molecule has 0 bridgehead atoms. The van der Waals surface area contributed by atoms with Crippen molar-refractivity contribution in [3.05, 3.63) is 89.7 Å². The van der Waals surface area contributed by atoms with Gasteiger partial charge in [0, 0.05) is 44.1 Å². The lowest BCUT2D eigenvalue weighted by Crippen LogP contribution is -2.48. The van der Waals surface area contributed by atoms with Gasteiger partial charge in [-0.1, -0.05) is 42.5 Å². The monoisotopic (exact) mass is 689 g/mol. The van der Waals surface area contributed by atoms with Crippen LogP contribution < -0.4 is 14.2 Å². The van der Waals surface area contributed by atoms with Crippen LogP contribution in [-0.4, -0.2) is 70.0 Å². The highest BCUT2D eigenvalue weighted by atomic mass is 16.6. The highest BCUT2D eigenvalue weighted by Gasteiger charge is 2.35.